The second-order valence-corrected chi connectivity index (χ2v) is 6.10. The third-order valence-electron chi connectivity index (χ3n) is 3.97. The molecule has 0 bridgehead atoms. The van der Waals surface area contributed by atoms with Gasteiger partial charge in [0, 0.05) is 41.4 Å². The van der Waals surface area contributed by atoms with E-state index in [0.29, 0.717) is 29.0 Å². The molecule has 0 spiro atoms. The van der Waals surface area contributed by atoms with E-state index in [2.05, 4.69) is 31.0 Å². The fourth-order valence-corrected chi connectivity index (χ4v) is 2.91. The molecule has 1 amide bonds. The molecular weight excluding hydrogens is 344 g/mol. The zero-order valence-corrected chi connectivity index (χ0v) is 13.9. The van der Waals surface area contributed by atoms with Gasteiger partial charge >= 0.3 is 0 Å². The number of halogens is 1. The highest BCUT2D eigenvalue weighted by molar-refractivity contribution is 6.30. The molecular formula is C16H15ClN6O2. The highest BCUT2D eigenvalue weighted by Gasteiger charge is 2.21. The number of aromatic nitrogens is 4. The van der Waals surface area contributed by atoms with Gasteiger partial charge in [-0.2, -0.15) is 10.1 Å². The zero-order chi connectivity index (χ0) is 17.2. The minimum absolute atomic E-state index is 0.126. The second-order valence-electron chi connectivity index (χ2n) is 5.66. The van der Waals surface area contributed by atoms with Crippen molar-refractivity contribution in [3.63, 3.8) is 0 Å². The largest absolute Gasteiger partial charge is 0.342 e. The topological polar surface area (TPSA) is 109 Å². The van der Waals surface area contributed by atoms with Crippen molar-refractivity contribution < 1.29 is 9.32 Å². The van der Waals surface area contributed by atoms with Crippen LogP contribution >= 0.6 is 11.6 Å². The number of benzene rings is 1. The van der Waals surface area contributed by atoms with E-state index in [0.717, 1.165) is 29.8 Å². The van der Waals surface area contributed by atoms with Crippen LogP contribution in [0.1, 0.15) is 27.6 Å². The monoisotopic (exact) mass is 358 g/mol. The van der Waals surface area contributed by atoms with Crippen molar-refractivity contribution >= 4 is 17.5 Å². The number of carbonyl (C=O) groups excluding carboxylic acids is 1. The van der Waals surface area contributed by atoms with Crippen molar-refractivity contribution in [2.45, 2.75) is 19.5 Å². The summed E-state index contributed by atoms with van der Waals surface area (Å²) in [4.78, 5) is 16.6. The highest BCUT2D eigenvalue weighted by atomic mass is 35.5. The quantitative estimate of drug-likeness (QED) is 0.655. The van der Waals surface area contributed by atoms with E-state index >= 15 is 0 Å². The first-order valence-electron chi connectivity index (χ1n) is 7.84. The van der Waals surface area contributed by atoms with Crippen molar-refractivity contribution in [2.75, 3.05) is 6.54 Å². The average molecular weight is 359 g/mol. The minimum atomic E-state index is -0.274. The number of H-pyrrole nitrogens is 1. The molecule has 0 fully saturated rings. The molecule has 0 radical (unpaired) electrons. The van der Waals surface area contributed by atoms with Crippen molar-refractivity contribution in [1.29, 1.82) is 0 Å². The Labute approximate surface area is 148 Å². The van der Waals surface area contributed by atoms with Crippen molar-refractivity contribution in [3.05, 3.63) is 52.1 Å². The molecule has 25 heavy (non-hydrogen) atoms. The standard InChI is InChI=1S/C16H15ClN6O2/c17-10-3-1-2-9(6-10)15-20-13(25-23-15)8-19-16(24)14-11-7-18-5-4-12(11)21-22-14/h1-3,6,18H,4-5,7-8H2,(H,19,24)(H,21,22). The molecule has 1 aliphatic heterocycles. The Balaban J connectivity index is 1.43. The first-order chi connectivity index (χ1) is 12.2. The van der Waals surface area contributed by atoms with Crippen LogP contribution in [0.2, 0.25) is 5.02 Å². The van der Waals surface area contributed by atoms with Gasteiger partial charge in [-0.15, -0.1) is 0 Å². The summed E-state index contributed by atoms with van der Waals surface area (Å²) in [6.07, 6.45) is 0.836. The molecule has 3 heterocycles. The Morgan fingerprint density at radius 1 is 1.40 bits per heavy atom. The van der Waals surface area contributed by atoms with Gasteiger partial charge in [0.1, 0.15) is 0 Å². The number of hydrogen-bond donors (Lipinski definition) is 3. The highest BCUT2D eigenvalue weighted by Crippen LogP contribution is 2.20. The molecule has 3 aromatic rings. The second kappa shape index (κ2) is 6.66. The van der Waals surface area contributed by atoms with E-state index in [1.54, 1.807) is 12.1 Å². The zero-order valence-electron chi connectivity index (χ0n) is 13.2. The molecule has 3 N–H and O–H groups in total. The minimum Gasteiger partial charge on any atom is -0.342 e. The SMILES string of the molecule is O=C(NCc1nc(-c2cccc(Cl)c2)no1)c1n[nH]c2c1CNCC2. The molecule has 0 saturated heterocycles. The number of aromatic amines is 1. The number of carbonyl (C=O) groups is 1. The molecule has 0 aliphatic carbocycles. The molecule has 4 rings (SSSR count). The summed E-state index contributed by atoms with van der Waals surface area (Å²) < 4.78 is 5.18. The lowest BCUT2D eigenvalue weighted by molar-refractivity contribution is 0.0940. The van der Waals surface area contributed by atoms with Crippen LogP contribution in [0.4, 0.5) is 0 Å². The third kappa shape index (κ3) is 3.26. The van der Waals surface area contributed by atoms with Crippen LogP contribution in [0.25, 0.3) is 11.4 Å². The molecule has 0 unspecified atom stereocenters. The Bertz CT molecular complexity index is 919. The molecule has 2 aromatic heterocycles. The summed E-state index contributed by atoms with van der Waals surface area (Å²) >= 11 is 5.96. The summed E-state index contributed by atoms with van der Waals surface area (Å²) in [6, 6.07) is 7.16. The van der Waals surface area contributed by atoms with Gasteiger partial charge in [0.2, 0.25) is 11.7 Å². The number of rotatable bonds is 4. The predicted molar refractivity (Wildman–Crippen MR) is 89.9 cm³/mol. The maximum Gasteiger partial charge on any atom is 0.272 e. The lowest BCUT2D eigenvalue weighted by atomic mass is 10.1. The summed E-state index contributed by atoms with van der Waals surface area (Å²) in [5.41, 5.74) is 3.07. The van der Waals surface area contributed by atoms with Crippen LogP contribution < -0.4 is 10.6 Å². The Morgan fingerprint density at radius 2 is 2.32 bits per heavy atom. The number of hydrogen-bond acceptors (Lipinski definition) is 6. The van der Waals surface area contributed by atoms with E-state index in [4.69, 9.17) is 16.1 Å². The van der Waals surface area contributed by atoms with Crippen molar-refractivity contribution in [3.8, 4) is 11.4 Å². The molecule has 128 valence electrons. The van der Waals surface area contributed by atoms with Gasteiger partial charge in [-0.3, -0.25) is 9.89 Å². The summed E-state index contributed by atoms with van der Waals surface area (Å²) in [6.45, 7) is 1.64. The van der Waals surface area contributed by atoms with E-state index in [9.17, 15) is 4.79 Å². The van der Waals surface area contributed by atoms with Crippen LogP contribution in [-0.2, 0) is 19.5 Å². The Morgan fingerprint density at radius 3 is 3.20 bits per heavy atom. The molecule has 9 heteroatoms. The normalized spacial score (nSPS) is 13.5. The van der Waals surface area contributed by atoms with Gasteiger partial charge in [0.15, 0.2) is 5.69 Å². The van der Waals surface area contributed by atoms with Crippen LogP contribution in [0.5, 0.6) is 0 Å². The Hall–Kier alpha value is -2.71. The fraction of sp³-hybridized carbons (Fsp3) is 0.250. The summed E-state index contributed by atoms with van der Waals surface area (Å²) in [7, 11) is 0. The maximum absolute atomic E-state index is 12.3. The number of nitrogens with one attached hydrogen (secondary N) is 3. The van der Waals surface area contributed by atoms with E-state index < -0.39 is 0 Å². The van der Waals surface area contributed by atoms with Crippen LogP contribution in [0.3, 0.4) is 0 Å². The van der Waals surface area contributed by atoms with E-state index in [1.165, 1.54) is 0 Å². The van der Waals surface area contributed by atoms with Gasteiger partial charge in [-0.1, -0.05) is 28.9 Å². The first kappa shape index (κ1) is 15.8. The van der Waals surface area contributed by atoms with Crippen molar-refractivity contribution in [1.82, 2.24) is 31.0 Å². The lowest BCUT2D eigenvalue weighted by Gasteiger charge is -2.12. The number of nitrogens with zero attached hydrogens (tertiary/aromatic N) is 3. The molecule has 0 atom stereocenters. The maximum atomic E-state index is 12.3. The lowest BCUT2D eigenvalue weighted by Crippen LogP contribution is -2.28. The molecule has 8 nitrogen and oxygen atoms in total. The van der Waals surface area contributed by atoms with Crippen LogP contribution in [-0.4, -0.2) is 32.8 Å². The summed E-state index contributed by atoms with van der Waals surface area (Å²) in [5, 5.41) is 17.5. The average Bonchev–Trinajstić information content (AvgIpc) is 3.27. The number of fused-ring (bicyclic) bond motifs is 1. The van der Waals surface area contributed by atoms with E-state index in [-0.39, 0.29) is 12.5 Å². The first-order valence-corrected chi connectivity index (χ1v) is 8.22. The van der Waals surface area contributed by atoms with Gasteiger partial charge in [-0.25, -0.2) is 0 Å². The molecule has 0 saturated carbocycles. The molecule has 1 aromatic carbocycles. The Kier molecular flexibility index (Phi) is 4.21. The predicted octanol–water partition coefficient (Wildman–Crippen LogP) is 1.69. The smallest absolute Gasteiger partial charge is 0.272 e. The van der Waals surface area contributed by atoms with Crippen molar-refractivity contribution in [2.24, 2.45) is 0 Å². The summed E-state index contributed by atoms with van der Waals surface area (Å²) in [5.74, 6) is 0.461. The van der Waals surface area contributed by atoms with Gasteiger partial charge in [0.05, 0.1) is 6.54 Å². The van der Waals surface area contributed by atoms with Crippen LogP contribution in [0.15, 0.2) is 28.8 Å². The number of amides is 1. The van der Waals surface area contributed by atoms with Crippen LogP contribution in [0, 0.1) is 0 Å². The van der Waals surface area contributed by atoms with E-state index in [1.807, 2.05) is 12.1 Å². The third-order valence-corrected chi connectivity index (χ3v) is 4.21. The molecule has 1 aliphatic rings. The van der Waals surface area contributed by atoms with Gasteiger partial charge < -0.3 is 15.2 Å². The fourth-order valence-electron chi connectivity index (χ4n) is 2.72. The van der Waals surface area contributed by atoms with Gasteiger partial charge in [-0.05, 0) is 12.1 Å². The van der Waals surface area contributed by atoms with Gasteiger partial charge in [0.25, 0.3) is 5.91 Å².